The Morgan fingerprint density at radius 3 is 2.31 bits per heavy atom. The molecule has 29 heavy (non-hydrogen) atoms. The lowest BCUT2D eigenvalue weighted by atomic mass is 10.1. The number of benzene rings is 2. The Morgan fingerprint density at radius 2 is 1.76 bits per heavy atom. The van der Waals surface area contributed by atoms with Crippen molar-refractivity contribution in [2.75, 3.05) is 18.0 Å². The van der Waals surface area contributed by atoms with Crippen LogP contribution in [-0.2, 0) is 10.0 Å². The Bertz CT molecular complexity index is 930. The number of nitrogens with two attached hydrogens (primary N) is 1. The normalized spacial score (nSPS) is 11.3. The number of ether oxygens (including phenoxy) is 1. The number of hydrogen-bond donors (Lipinski definition) is 2. The fourth-order valence-electron chi connectivity index (χ4n) is 3.04. The minimum atomic E-state index is -4.22. The largest absolute Gasteiger partial charge is 0.478 e. The average molecular weight is 421 g/mol. The van der Waals surface area contributed by atoms with E-state index < -0.39 is 16.0 Å². The zero-order chi connectivity index (χ0) is 21.4. The molecular weight excluding hydrogens is 392 g/mol. The quantitative estimate of drug-likeness (QED) is 0.526. The Hall–Kier alpha value is -2.58. The number of rotatable bonds is 11. The van der Waals surface area contributed by atoms with Crippen LogP contribution in [0.15, 0.2) is 47.4 Å². The standard InChI is InChI=1S/C21H28N2O5S/c1-3-5-9-13-23(12-4-2)18-14-16(21(24)25)15-19(29(22,26)27)20(18)28-17-10-7-6-8-11-17/h6-8,10-11,14-15H,3-5,9,12-13H2,1-2H3,(H,24,25)(H2,22,26,27). The monoisotopic (exact) mass is 420 g/mol. The highest BCUT2D eigenvalue weighted by Gasteiger charge is 2.26. The van der Waals surface area contributed by atoms with E-state index in [-0.39, 0.29) is 16.2 Å². The van der Waals surface area contributed by atoms with Crippen LogP contribution in [0.2, 0.25) is 0 Å². The first-order valence-corrected chi connectivity index (χ1v) is 11.2. The van der Waals surface area contributed by atoms with Gasteiger partial charge >= 0.3 is 5.97 Å². The molecule has 0 saturated carbocycles. The summed E-state index contributed by atoms with van der Waals surface area (Å²) in [6.45, 7) is 5.38. The van der Waals surface area contributed by atoms with Crippen LogP contribution in [-0.4, -0.2) is 32.6 Å². The maximum Gasteiger partial charge on any atom is 0.335 e. The first-order valence-electron chi connectivity index (χ1n) is 9.69. The summed E-state index contributed by atoms with van der Waals surface area (Å²) in [5.41, 5.74) is 0.261. The van der Waals surface area contributed by atoms with Crippen LogP contribution in [0.5, 0.6) is 11.5 Å². The van der Waals surface area contributed by atoms with Gasteiger partial charge in [0.15, 0.2) is 5.75 Å². The summed E-state index contributed by atoms with van der Waals surface area (Å²) < 4.78 is 30.5. The van der Waals surface area contributed by atoms with Gasteiger partial charge in [0.1, 0.15) is 10.6 Å². The zero-order valence-corrected chi connectivity index (χ0v) is 17.6. The van der Waals surface area contributed by atoms with E-state index in [0.717, 1.165) is 31.7 Å². The first-order chi connectivity index (χ1) is 13.8. The van der Waals surface area contributed by atoms with Crippen LogP contribution in [0.3, 0.4) is 0 Å². The highest BCUT2D eigenvalue weighted by molar-refractivity contribution is 7.89. The highest BCUT2D eigenvalue weighted by Crippen LogP contribution is 2.39. The number of nitrogens with zero attached hydrogens (tertiary/aromatic N) is 1. The lowest BCUT2D eigenvalue weighted by Crippen LogP contribution is -2.27. The molecule has 0 radical (unpaired) electrons. The number of carboxylic acid groups (broad SMARTS) is 1. The summed E-state index contributed by atoms with van der Waals surface area (Å²) in [5, 5.41) is 14.9. The van der Waals surface area contributed by atoms with Crippen LogP contribution in [0.4, 0.5) is 5.69 Å². The summed E-state index contributed by atoms with van der Waals surface area (Å²) in [7, 11) is -4.22. The van der Waals surface area contributed by atoms with Crippen molar-refractivity contribution in [3.05, 3.63) is 48.0 Å². The van der Waals surface area contributed by atoms with Gasteiger partial charge < -0.3 is 14.7 Å². The molecule has 0 saturated heterocycles. The van der Waals surface area contributed by atoms with Crippen molar-refractivity contribution in [1.82, 2.24) is 0 Å². The molecule has 7 nitrogen and oxygen atoms in total. The van der Waals surface area contributed by atoms with Gasteiger partial charge in [-0.05, 0) is 37.1 Å². The molecule has 0 amide bonds. The maximum absolute atomic E-state index is 12.3. The van der Waals surface area contributed by atoms with Crippen LogP contribution in [0, 0.1) is 0 Å². The fraction of sp³-hybridized carbons (Fsp3) is 0.381. The Morgan fingerprint density at radius 1 is 1.07 bits per heavy atom. The number of unbranched alkanes of at least 4 members (excludes halogenated alkanes) is 2. The van der Waals surface area contributed by atoms with Gasteiger partial charge in [-0.2, -0.15) is 0 Å². The number of carboxylic acids is 1. The molecule has 0 aliphatic rings. The number of carbonyl (C=O) groups is 1. The second-order valence-corrected chi connectivity index (χ2v) is 8.31. The smallest absolute Gasteiger partial charge is 0.335 e. The Labute approximate surface area is 172 Å². The molecule has 0 aliphatic carbocycles. The molecule has 0 spiro atoms. The molecule has 2 aromatic carbocycles. The molecular formula is C21H28N2O5S. The molecule has 3 N–H and O–H groups in total. The number of aromatic carboxylic acids is 1. The van der Waals surface area contributed by atoms with Crippen molar-refractivity contribution in [2.24, 2.45) is 5.14 Å². The number of anilines is 1. The van der Waals surface area contributed by atoms with Crippen molar-refractivity contribution in [2.45, 2.75) is 44.4 Å². The topological polar surface area (TPSA) is 110 Å². The van der Waals surface area contributed by atoms with Crippen LogP contribution >= 0.6 is 0 Å². The third-order valence-corrected chi connectivity index (χ3v) is 5.33. The summed E-state index contributed by atoms with van der Waals surface area (Å²) in [4.78, 5) is 13.3. The Kier molecular flexibility index (Phi) is 8.04. The van der Waals surface area contributed by atoms with E-state index >= 15 is 0 Å². The summed E-state index contributed by atoms with van der Waals surface area (Å²) in [5.74, 6) is -0.743. The lowest BCUT2D eigenvalue weighted by Gasteiger charge is -2.28. The predicted molar refractivity (Wildman–Crippen MR) is 113 cm³/mol. The molecule has 2 aromatic rings. The molecule has 0 atom stereocenters. The van der Waals surface area contributed by atoms with E-state index in [1.165, 1.54) is 6.07 Å². The van der Waals surface area contributed by atoms with Gasteiger partial charge in [-0.15, -0.1) is 0 Å². The lowest BCUT2D eigenvalue weighted by molar-refractivity contribution is 0.0696. The molecule has 0 bridgehead atoms. The van der Waals surface area contributed by atoms with E-state index in [0.29, 0.717) is 24.5 Å². The van der Waals surface area contributed by atoms with Gasteiger partial charge in [0.25, 0.3) is 0 Å². The summed E-state index contributed by atoms with van der Waals surface area (Å²) >= 11 is 0. The zero-order valence-electron chi connectivity index (χ0n) is 16.8. The van der Waals surface area contributed by atoms with E-state index in [2.05, 4.69) is 6.92 Å². The minimum Gasteiger partial charge on any atom is -0.478 e. The highest BCUT2D eigenvalue weighted by atomic mass is 32.2. The van der Waals surface area contributed by atoms with Gasteiger partial charge in [0, 0.05) is 13.1 Å². The molecule has 8 heteroatoms. The van der Waals surface area contributed by atoms with E-state index in [4.69, 9.17) is 9.88 Å². The summed E-state index contributed by atoms with van der Waals surface area (Å²) in [6, 6.07) is 11.2. The molecule has 0 heterocycles. The van der Waals surface area contributed by atoms with Crippen molar-refractivity contribution >= 4 is 21.7 Å². The molecule has 0 aromatic heterocycles. The van der Waals surface area contributed by atoms with E-state index in [1.54, 1.807) is 24.3 Å². The second kappa shape index (κ2) is 10.3. The number of para-hydroxylation sites is 1. The van der Waals surface area contributed by atoms with Gasteiger partial charge in [0.2, 0.25) is 10.0 Å². The van der Waals surface area contributed by atoms with E-state index in [1.807, 2.05) is 17.9 Å². The second-order valence-electron chi connectivity index (χ2n) is 6.78. The van der Waals surface area contributed by atoms with Crippen LogP contribution in [0.1, 0.15) is 49.9 Å². The molecule has 2 rings (SSSR count). The molecule has 0 fully saturated rings. The SMILES string of the molecule is CCCCCN(CCC)c1cc(C(=O)O)cc(S(N)(=O)=O)c1Oc1ccccc1. The number of hydrogen-bond acceptors (Lipinski definition) is 5. The maximum atomic E-state index is 12.3. The third kappa shape index (κ3) is 6.20. The van der Waals surface area contributed by atoms with Crippen molar-refractivity contribution < 1.29 is 23.1 Å². The third-order valence-electron chi connectivity index (χ3n) is 4.42. The minimum absolute atomic E-state index is 0.0497. The first kappa shape index (κ1) is 22.7. The van der Waals surface area contributed by atoms with E-state index in [9.17, 15) is 18.3 Å². The Balaban J connectivity index is 2.68. The van der Waals surface area contributed by atoms with Gasteiger partial charge in [0.05, 0.1) is 11.3 Å². The fourth-order valence-corrected chi connectivity index (χ4v) is 3.74. The van der Waals surface area contributed by atoms with Crippen molar-refractivity contribution in [3.8, 4) is 11.5 Å². The van der Waals surface area contributed by atoms with Crippen LogP contribution in [0.25, 0.3) is 0 Å². The molecule has 0 unspecified atom stereocenters. The number of primary sulfonamides is 1. The number of sulfonamides is 1. The molecule has 158 valence electrons. The molecule has 0 aliphatic heterocycles. The average Bonchev–Trinajstić information content (AvgIpc) is 2.67. The van der Waals surface area contributed by atoms with Crippen LogP contribution < -0.4 is 14.8 Å². The predicted octanol–water partition coefficient (Wildman–Crippen LogP) is 4.23. The van der Waals surface area contributed by atoms with Crippen molar-refractivity contribution in [1.29, 1.82) is 0 Å². The van der Waals surface area contributed by atoms with Gasteiger partial charge in [-0.25, -0.2) is 18.4 Å². The summed E-state index contributed by atoms with van der Waals surface area (Å²) in [6.07, 6.45) is 3.74. The van der Waals surface area contributed by atoms with Gasteiger partial charge in [-0.1, -0.05) is 44.9 Å². The van der Waals surface area contributed by atoms with Gasteiger partial charge in [-0.3, -0.25) is 0 Å². The van der Waals surface area contributed by atoms with Crippen molar-refractivity contribution in [3.63, 3.8) is 0 Å².